The molecule has 1 atom stereocenters. The number of hydrogen-bond acceptors (Lipinski definition) is 3. The molecule has 0 aromatic rings. The Labute approximate surface area is 127 Å². The Bertz CT molecular complexity index is 455. The van der Waals surface area contributed by atoms with Gasteiger partial charge in [0, 0.05) is 18.0 Å². The van der Waals surface area contributed by atoms with Gasteiger partial charge in [0.05, 0.1) is 18.6 Å². The van der Waals surface area contributed by atoms with Crippen molar-refractivity contribution in [3.63, 3.8) is 0 Å². The number of likely N-dealkylation sites (tertiary alicyclic amines) is 1. The fourth-order valence-electron chi connectivity index (χ4n) is 4.42. The normalized spacial score (nSPS) is 36.0. The average Bonchev–Trinajstić information content (AvgIpc) is 3.14. The molecule has 21 heavy (non-hydrogen) atoms. The summed E-state index contributed by atoms with van der Waals surface area (Å²) in [6.45, 7) is 7.75. The summed E-state index contributed by atoms with van der Waals surface area (Å²) in [5.74, 6) is 0.473. The summed E-state index contributed by atoms with van der Waals surface area (Å²) in [4.78, 5) is 15.2. The van der Waals surface area contributed by atoms with Gasteiger partial charge in [0.1, 0.15) is 0 Å². The van der Waals surface area contributed by atoms with Gasteiger partial charge in [0.25, 0.3) is 0 Å². The Morgan fingerprint density at radius 1 is 1.10 bits per heavy atom. The van der Waals surface area contributed by atoms with Crippen molar-refractivity contribution in [1.82, 2.24) is 4.90 Å². The van der Waals surface area contributed by atoms with Crippen molar-refractivity contribution in [2.24, 2.45) is 16.7 Å². The van der Waals surface area contributed by atoms with Crippen molar-refractivity contribution in [2.75, 3.05) is 19.8 Å². The number of carbonyl (C=O) groups is 1. The lowest BCUT2D eigenvalue weighted by molar-refractivity contribution is -0.282. The molecular weight excluding hydrogens is 266 g/mol. The maximum absolute atomic E-state index is 13.0. The van der Waals surface area contributed by atoms with E-state index < -0.39 is 11.2 Å². The largest absolute Gasteiger partial charge is 0.349 e. The summed E-state index contributed by atoms with van der Waals surface area (Å²) in [5.41, 5.74) is -0.0170. The van der Waals surface area contributed by atoms with E-state index in [2.05, 4.69) is 4.90 Å². The topological polar surface area (TPSA) is 38.8 Å². The van der Waals surface area contributed by atoms with Crippen molar-refractivity contribution in [1.29, 1.82) is 0 Å². The van der Waals surface area contributed by atoms with E-state index in [-0.39, 0.29) is 5.91 Å². The van der Waals surface area contributed by atoms with Gasteiger partial charge in [-0.1, -0.05) is 6.42 Å². The van der Waals surface area contributed by atoms with Crippen LogP contribution in [0, 0.1) is 16.7 Å². The summed E-state index contributed by atoms with van der Waals surface area (Å²) >= 11 is 0. The van der Waals surface area contributed by atoms with E-state index in [1.807, 2.05) is 20.8 Å². The fraction of sp³-hybridized carbons (Fsp3) is 0.941. The zero-order valence-electron chi connectivity index (χ0n) is 13.5. The van der Waals surface area contributed by atoms with Gasteiger partial charge in [0.15, 0.2) is 5.79 Å². The fourth-order valence-corrected chi connectivity index (χ4v) is 4.42. The number of hydrogen-bond donors (Lipinski definition) is 0. The third-order valence-corrected chi connectivity index (χ3v) is 6.12. The number of ether oxygens (including phenoxy) is 2. The average molecular weight is 293 g/mol. The van der Waals surface area contributed by atoms with Gasteiger partial charge in [-0.05, 0) is 52.4 Å². The van der Waals surface area contributed by atoms with Crippen molar-refractivity contribution < 1.29 is 14.3 Å². The van der Waals surface area contributed by atoms with Crippen LogP contribution in [0.1, 0.15) is 52.9 Å². The van der Waals surface area contributed by atoms with E-state index in [4.69, 9.17) is 9.47 Å². The van der Waals surface area contributed by atoms with Gasteiger partial charge < -0.3 is 14.4 Å². The van der Waals surface area contributed by atoms with E-state index in [1.165, 1.54) is 32.1 Å². The zero-order valence-corrected chi connectivity index (χ0v) is 13.5. The van der Waals surface area contributed by atoms with Gasteiger partial charge >= 0.3 is 0 Å². The molecule has 2 heterocycles. The van der Waals surface area contributed by atoms with Crippen LogP contribution in [0.3, 0.4) is 0 Å². The minimum Gasteiger partial charge on any atom is -0.349 e. The van der Waals surface area contributed by atoms with Gasteiger partial charge in [-0.25, -0.2) is 0 Å². The monoisotopic (exact) mass is 293 g/mol. The summed E-state index contributed by atoms with van der Waals surface area (Å²) in [5, 5.41) is 0. The second-order valence-electron chi connectivity index (χ2n) is 8.47. The Balaban J connectivity index is 1.48. The first-order chi connectivity index (χ1) is 9.85. The highest BCUT2D eigenvalue weighted by molar-refractivity contribution is 5.84. The van der Waals surface area contributed by atoms with Crippen LogP contribution < -0.4 is 0 Å². The zero-order chi connectivity index (χ0) is 14.9. The lowest BCUT2D eigenvalue weighted by atomic mass is 9.56. The molecule has 2 aliphatic heterocycles. The molecule has 118 valence electrons. The molecule has 4 heteroatoms. The maximum Gasteiger partial charge on any atom is 0.233 e. The highest BCUT2D eigenvalue weighted by Crippen LogP contribution is 2.60. The highest BCUT2D eigenvalue weighted by atomic mass is 16.7. The molecule has 2 saturated carbocycles. The smallest absolute Gasteiger partial charge is 0.233 e. The van der Waals surface area contributed by atoms with Crippen molar-refractivity contribution in [2.45, 2.75) is 64.7 Å². The molecule has 1 spiro atoms. The van der Waals surface area contributed by atoms with Crippen LogP contribution in [0.15, 0.2) is 0 Å². The molecule has 1 amide bonds. The second kappa shape index (κ2) is 4.23. The molecule has 0 aromatic heterocycles. The van der Waals surface area contributed by atoms with E-state index in [0.29, 0.717) is 24.7 Å². The van der Waals surface area contributed by atoms with Crippen LogP contribution in [0.2, 0.25) is 0 Å². The third-order valence-electron chi connectivity index (χ3n) is 6.12. The second-order valence-corrected chi connectivity index (χ2v) is 8.47. The molecule has 4 fully saturated rings. The quantitative estimate of drug-likeness (QED) is 0.785. The van der Waals surface area contributed by atoms with Crippen LogP contribution in [-0.2, 0) is 14.3 Å². The van der Waals surface area contributed by atoms with Gasteiger partial charge in [-0.15, -0.1) is 0 Å². The standard InChI is InChI=1S/C17H27NO3/c1-15(2)20-10-16(3,11-21-15)14(19)18-9-17(7-4-8-17)13(18)12-5-6-12/h12-13H,4-11H2,1-3H3. The van der Waals surface area contributed by atoms with Crippen LogP contribution in [0.5, 0.6) is 0 Å². The minimum atomic E-state index is -0.556. The van der Waals surface area contributed by atoms with E-state index in [1.54, 1.807) is 0 Å². The molecule has 4 nitrogen and oxygen atoms in total. The number of nitrogens with zero attached hydrogens (tertiary/aromatic N) is 1. The summed E-state index contributed by atoms with van der Waals surface area (Å²) in [6, 6.07) is 0.519. The lowest BCUT2D eigenvalue weighted by Crippen LogP contribution is -2.72. The van der Waals surface area contributed by atoms with Gasteiger partial charge in [0.2, 0.25) is 5.91 Å². The summed E-state index contributed by atoms with van der Waals surface area (Å²) < 4.78 is 11.5. The SMILES string of the molecule is CC1(C)OCC(C)(C(=O)N2CC3(CCC3)C2C2CC2)CO1. The third kappa shape index (κ3) is 2.06. The molecule has 4 rings (SSSR count). The number of rotatable bonds is 2. The Morgan fingerprint density at radius 2 is 1.71 bits per heavy atom. The lowest BCUT2D eigenvalue weighted by Gasteiger charge is -2.64. The van der Waals surface area contributed by atoms with E-state index >= 15 is 0 Å². The molecule has 1 unspecified atom stereocenters. The van der Waals surface area contributed by atoms with Crippen molar-refractivity contribution in [3.8, 4) is 0 Å². The first-order valence-electron chi connectivity index (χ1n) is 8.44. The van der Waals surface area contributed by atoms with Crippen LogP contribution >= 0.6 is 0 Å². The first kappa shape index (κ1) is 14.0. The molecule has 4 aliphatic rings. The van der Waals surface area contributed by atoms with Crippen LogP contribution in [-0.4, -0.2) is 42.4 Å². The Morgan fingerprint density at radius 3 is 2.19 bits per heavy atom. The number of amides is 1. The van der Waals surface area contributed by atoms with Crippen LogP contribution in [0.4, 0.5) is 0 Å². The Hall–Kier alpha value is -0.610. The van der Waals surface area contributed by atoms with Crippen molar-refractivity contribution >= 4 is 5.91 Å². The van der Waals surface area contributed by atoms with Crippen LogP contribution in [0.25, 0.3) is 0 Å². The molecule has 0 aromatic carbocycles. The molecule has 2 aliphatic carbocycles. The highest BCUT2D eigenvalue weighted by Gasteiger charge is 2.63. The van der Waals surface area contributed by atoms with E-state index in [0.717, 1.165) is 12.5 Å². The first-order valence-corrected chi connectivity index (χ1v) is 8.44. The molecule has 2 saturated heterocycles. The maximum atomic E-state index is 13.0. The molecular formula is C17H27NO3. The Kier molecular flexibility index (Phi) is 2.82. The number of carbonyl (C=O) groups excluding carboxylic acids is 1. The van der Waals surface area contributed by atoms with Gasteiger partial charge in [-0.2, -0.15) is 0 Å². The minimum absolute atomic E-state index is 0.257. The molecule has 0 bridgehead atoms. The summed E-state index contributed by atoms with van der Waals surface area (Å²) in [6.07, 6.45) is 6.63. The molecule has 0 N–H and O–H groups in total. The van der Waals surface area contributed by atoms with E-state index in [9.17, 15) is 4.79 Å². The predicted octanol–water partition coefficient (Wildman–Crippen LogP) is 2.57. The predicted molar refractivity (Wildman–Crippen MR) is 78.6 cm³/mol. The summed E-state index contributed by atoms with van der Waals surface area (Å²) in [7, 11) is 0. The van der Waals surface area contributed by atoms with Gasteiger partial charge in [-0.3, -0.25) is 4.79 Å². The molecule has 0 radical (unpaired) electrons. The van der Waals surface area contributed by atoms with Crippen molar-refractivity contribution in [3.05, 3.63) is 0 Å².